The van der Waals surface area contributed by atoms with Crippen molar-refractivity contribution >= 4 is 33.3 Å². The molecule has 0 aliphatic heterocycles. The maximum Gasteiger partial charge on any atom is 0.298 e. The summed E-state index contributed by atoms with van der Waals surface area (Å²) in [6, 6.07) is 5.94. The van der Waals surface area contributed by atoms with Crippen LogP contribution in [0, 0.1) is 0 Å². The molecule has 1 aromatic carbocycles. The van der Waals surface area contributed by atoms with Crippen LogP contribution in [0.25, 0.3) is 0 Å². The van der Waals surface area contributed by atoms with Crippen LogP contribution in [0.4, 0.5) is 5.69 Å². The topological polar surface area (TPSA) is 125 Å². The van der Waals surface area contributed by atoms with Gasteiger partial charge in [0.25, 0.3) is 10.1 Å². The number of benzene rings is 1. The highest BCUT2D eigenvalue weighted by atomic mass is 32.2. The molecule has 0 fully saturated rings. The zero-order valence-electron chi connectivity index (χ0n) is 24.8. The smallest absolute Gasteiger partial charge is 0.298 e. The molecule has 0 saturated heterocycles. The number of carbonyl (C=O) groups excluding carboxylic acids is 3. The van der Waals surface area contributed by atoms with Gasteiger partial charge in [0.15, 0.2) is 11.6 Å². The first-order valence-electron chi connectivity index (χ1n) is 13.7. The zero-order valence-corrected chi connectivity index (χ0v) is 25.7. The molecule has 2 unspecified atom stereocenters. The van der Waals surface area contributed by atoms with Gasteiger partial charge in [0.1, 0.15) is 16.6 Å². The fraction of sp³-hybridized carbons (Fsp3) is 0.690. The lowest BCUT2D eigenvalue weighted by Crippen LogP contribution is -2.42. The molecule has 0 aromatic heterocycles. The Morgan fingerprint density at radius 1 is 0.897 bits per heavy atom. The number of Topliss-reactive ketones (excluding diaryl/α,β-unsaturated/α-hetero) is 2. The first kappa shape index (κ1) is 36.9. The summed E-state index contributed by atoms with van der Waals surface area (Å²) in [4.78, 5) is 35.5. The van der Waals surface area contributed by atoms with E-state index in [2.05, 4.69) is 23.3 Å². The third-order valence-electron chi connectivity index (χ3n) is 6.62. The van der Waals surface area contributed by atoms with Gasteiger partial charge in [0, 0.05) is 14.2 Å². The van der Waals surface area contributed by atoms with Crippen molar-refractivity contribution < 1.29 is 36.5 Å². The van der Waals surface area contributed by atoms with E-state index in [0.717, 1.165) is 45.6 Å². The maximum absolute atomic E-state index is 12.6. The summed E-state index contributed by atoms with van der Waals surface area (Å²) in [6.07, 6.45) is 9.60. The molecule has 1 aromatic rings. The SMILES string of the molecule is CCCCCCC(CC(=O)Nc1ccccc1S(=O)(=O)OC)(OC)C(C)=O.CCCCCCC(OC)C(C)=O. The molecule has 0 aliphatic carbocycles. The molecule has 0 saturated carbocycles. The Bertz CT molecular complexity index is 979. The molecule has 10 heteroatoms. The van der Waals surface area contributed by atoms with Crippen LogP contribution >= 0.6 is 0 Å². The van der Waals surface area contributed by atoms with E-state index in [0.29, 0.717) is 6.42 Å². The molecule has 9 nitrogen and oxygen atoms in total. The molecule has 0 bridgehead atoms. The number of rotatable bonds is 19. The standard InChI is InChI=1S/C19H29NO6S.C10H20O2/c1-5-6-7-10-13-19(25-3,15(2)21)14-18(22)20-16-11-8-9-12-17(16)27(23,24)26-4;1-4-5-6-7-8-10(12-3)9(2)11/h8-9,11-12H,5-7,10,13-14H2,1-4H3,(H,20,22);10H,4-8H2,1-3H3. The third kappa shape index (κ3) is 13.7. The van der Waals surface area contributed by atoms with Gasteiger partial charge in [-0.1, -0.05) is 77.3 Å². The van der Waals surface area contributed by atoms with Crippen molar-refractivity contribution in [3.63, 3.8) is 0 Å². The number of anilines is 1. The van der Waals surface area contributed by atoms with E-state index < -0.39 is 21.6 Å². The highest BCUT2D eigenvalue weighted by molar-refractivity contribution is 7.87. The first-order chi connectivity index (χ1) is 18.4. The number of unbranched alkanes of at least 4 members (excludes halogenated alkanes) is 6. The Labute approximate surface area is 235 Å². The average Bonchev–Trinajstić information content (AvgIpc) is 2.90. The van der Waals surface area contributed by atoms with Crippen LogP contribution < -0.4 is 5.32 Å². The van der Waals surface area contributed by atoms with Crippen LogP contribution in [0.15, 0.2) is 29.2 Å². The number of amides is 1. The first-order valence-corrected chi connectivity index (χ1v) is 15.1. The van der Waals surface area contributed by atoms with Crippen molar-refractivity contribution in [2.75, 3.05) is 26.6 Å². The van der Waals surface area contributed by atoms with Crippen LogP contribution in [0.5, 0.6) is 0 Å². The second kappa shape index (κ2) is 19.8. The van der Waals surface area contributed by atoms with Crippen LogP contribution in [0.1, 0.15) is 98.3 Å². The fourth-order valence-corrected chi connectivity index (χ4v) is 4.93. The number of ketones is 2. The summed E-state index contributed by atoms with van der Waals surface area (Å²) in [5, 5.41) is 2.57. The van der Waals surface area contributed by atoms with E-state index in [1.54, 1.807) is 20.1 Å². The van der Waals surface area contributed by atoms with Gasteiger partial charge in [-0.3, -0.25) is 18.6 Å². The van der Waals surface area contributed by atoms with Gasteiger partial charge in [0.05, 0.1) is 19.2 Å². The van der Waals surface area contributed by atoms with E-state index in [-0.39, 0.29) is 34.7 Å². The highest BCUT2D eigenvalue weighted by Crippen LogP contribution is 2.27. The molecule has 0 spiro atoms. The van der Waals surface area contributed by atoms with Crippen molar-refractivity contribution in [3.8, 4) is 0 Å². The molecule has 1 rings (SSSR count). The fourth-order valence-electron chi connectivity index (χ4n) is 4.12. The second-order valence-electron chi connectivity index (χ2n) is 9.59. The minimum absolute atomic E-state index is 0.101. The molecular formula is C29H49NO8S. The van der Waals surface area contributed by atoms with Crippen molar-refractivity contribution in [2.45, 2.75) is 115 Å². The van der Waals surface area contributed by atoms with Crippen molar-refractivity contribution in [3.05, 3.63) is 24.3 Å². The Morgan fingerprint density at radius 2 is 1.49 bits per heavy atom. The number of hydrogen-bond acceptors (Lipinski definition) is 8. The monoisotopic (exact) mass is 571 g/mol. The van der Waals surface area contributed by atoms with Crippen LogP contribution in [-0.2, 0) is 38.2 Å². The minimum Gasteiger partial charge on any atom is -0.374 e. The number of hydrogen-bond donors (Lipinski definition) is 1. The van der Waals surface area contributed by atoms with E-state index >= 15 is 0 Å². The molecule has 0 aliphatic rings. The summed E-state index contributed by atoms with van der Waals surface area (Å²) in [5.41, 5.74) is -1.11. The number of methoxy groups -OCH3 is 2. The maximum atomic E-state index is 12.6. The highest BCUT2D eigenvalue weighted by Gasteiger charge is 2.37. The molecule has 0 radical (unpaired) electrons. The largest absolute Gasteiger partial charge is 0.374 e. The summed E-state index contributed by atoms with van der Waals surface area (Å²) in [7, 11) is 0.0956. The Balaban J connectivity index is 0.00000101. The molecule has 224 valence electrons. The Morgan fingerprint density at radius 3 is 1.97 bits per heavy atom. The van der Waals surface area contributed by atoms with Crippen molar-refractivity contribution in [1.82, 2.24) is 0 Å². The Kier molecular flexibility index (Phi) is 18.8. The number of para-hydroxylation sites is 1. The molecule has 1 N–H and O–H groups in total. The van der Waals surface area contributed by atoms with Crippen LogP contribution in [-0.4, -0.2) is 58.9 Å². The minimum atomic E-state index is -3.97. The van der Waals surface area contributed by atoms with Crippen LogP contribution in [0.3, 0.4) is 0 Å². The lowest BCUT2D eigenvalue weighted by molar-refractivity contribution is -0.145. The second-order valence-corrected chi connectivity index (χ2v) is 11.3. The molecule has 0 heterocycles. The molecular weight excluding hydrogens is 522 g/mol. The van der Waals surface area contributed by atoms with Crippen molar-refractivity contribution in [2.24, 2.45) is 0 Å². The quantitative estimate of drug-likeness (QED) is 0.162. The van der Waals surface area contributed by atoms with Gasteiger partial charge in [-0.2, -0.15) is 8.42 Å². The lowest BCUT2D eigenvalue weighted by atomic mass is 9.88. The summed E-state index contributed by atoms with van der Waals surface area (Å²) in [5.74, 6) is -0.579. The van der Waals surface area contributed by atoms with Gasteiger partial charge < -0.3 is 14.8 Å². The Hall–Kier alpha value is -2.14. The molecule has 2 atom stereocenters. The third-order valence-corrected chi connectivity index (χ3v) is 7.95. The van der Waals surface area contributed by atoms with Gasteiger partial charge in [-0.15, -0.1) is 0 Å². The van der Waals surface area contributed by atoms with E-state index in [1.807, 2.05) is 0 Å². The lowest BCUT2D eigenvalue weighted by Gasteiger charge is -2.29. The normalized spacial score (nSPS) is 13.5. The number of ether oxygens (including phenoxy) is 2. The van der Waals surface area contributed by atoms with Gasteiger partial charge >= 0.3 is 0 Å². The predicted molar refractivity (Wildman–Crippen MR) is 153 cm³/mol. The zero-order chi connectivity index (χ0) is 29.9. The summed E-state index contributed by atoms with van der Waals surface area (Å²) < 4.78 is 39.0. The average molecular weight is 572 g/mol. The summed E-state index contributed by atoms with van der Waals surface area (Å²) >= 11 is 0. The molecule has 39 heavy (non-hydrogen) atoms. The number of nitrogens with one attached hydrogen (secondary N) is 1. The van der Waals surface area contributed by atoms with E-state index in [1.165, 1.54) is 51.5 Å². The summed E-state index contributed by atoms with van der Waals surface area (Å²) in [6.45, 7) is 7.26. The van der Waals surface area contributed by atoms with E-state index in [9.17, 15) is 22.8 Å². The van der Waals surface area contributed by atoms with Gasteiger partial charge in [0.2, 0.25) is 5.91 Å². The number of carbonyl (C=O) groups is 3. The van der Waals surface area contributed by atoms with Gasteiger partial charge in [-0.05, 0) is 38.8 Å². The van der Waals surface area contributed by atoms with Crippen molar-refractivity contribution in [1.29, 1.82) is 0 Å². The van der Waals surface area contributed by atoms with Gasteiger partial charge in [-0.25, -0.2) is 0 Å². The van der Waals surface area contributed by atoms with Crippen LogP contribution in [0.2, 0.25) is 0 Å². The molecule has 1 amide bonds. The predicted octanol–water partition coefficient (Wildman–Crippen LogP) is 5.86. The van der Waals surface area contributed by atoms with E-state index in [4.69, 9.17) is 9.47 Å².